The lowest BCUT2D eigenvalue weighted by Crippen LogP contribution is -2.29. The van der Waals surface area contributed by atoms with Crippen LogP contribution in [-0.2, 0) is 16.0 Å². The number of aromatic nitrogens is 1. The Labute approximate surface area is 129 Å². The van der Waals surface area contributed by atoms with Gasteiger partial charge in [-0.2, -0.15) is 0 Å². The third kappa shape index (κ3) is 5.01. The second-order valence-electron chi connectivity index (χ2n) is 4.98. The van der Waals surface area contributed by atoms with Gasteiger partial charge in [-0.25, -0.2) is 4.98 Å². The van der Waals surface area contributed by atoms with Crippen LogP contribution in [0.2, 0.25) is 0 Å². The molecule has 0 aliphatic heterocycles. The molecule has 5 nitrogen and oxygen atoms in total. The Hall–Kier alpha value is -2.69. The van der Waals surface area contributed by atoms with Gasteiger partial charge in [0.25, 0.3) is 0 Å². The Bertz CT molecular complexity index is 641. The molecule has 0 bridgehead atoms. The van der Waals surface area contributed by atoms with Gasteiger partial charge in [0.2, 0.25) is 11.8 Å². The average molecular weight is 297 g/mol. The zero-order valence-corrected chi connectivity index (χ0v) is 12.5. The summed E-state index contributed by atoms with van der Waals surface area (Å²) in [5.74, 6) is 0.304. The molecule has 0 spiro atoms. The van der Waals surface area contributed by atoms with Crippen molar-refractivity contribution in [2.24, 2.45) is 0 Å². The van der Waals surface area contributed by atoms with E-state index in [9.17, 15) is 9.59 Å². The summed E-state index contributed by atoms with van der Waals surface area (Å²) in [6, 6.07) is 13.2. The molecule has 0 aliphatic carbocycles. The van der Waals surface area contributed by atoms with Crippen LogP contribution in [0, 0.1) is 6.92 Å². The zero-order valence-electron chi connectivity index (χ0n) is 12.5. The molecule has 0 radical (unpaired) electrons. The van der Waals surface area contributed by atoms with Gasteiger partial charge in [0.05, 0.1) is 6.42 Å². The highest BCUT2D eigenvalue weighted by Gasteiger charge is 2.07. The topological polar surface area (TPSA) is 71.1 Å². The monoisotopic (exact) mass is 297 g/mol. The minimum Gasteiger partial charge on any atom is -0.355 e. The Morgan fingerprint density at radius 2 is 1.82 bits per heavy atom. The lowest BCUT2D eigenvalue weighted by Gasteiger charge is -2.08. The standard InChI is InChI=1S/C17H19N3O2/c1-13-6-5-10-19-17(13)20-15(21)9-11-18-16(22)12-14-7-3-2-4-8-14/h2-8,10H,9,11-12H2,1H3,(H,18,22)(H,19,20,21). The molecule has 0 fully saturated rings. The number of rotatable bonds is 6. The van der Waals surface area contributed by atoms with Crippen molar-refractivity contribution in [3.8, 4) is 0 Å². The molecular formula is C17H19N3O2. The van der Waals surface area contributed by atoms with Crippen LogP contribution in [0.1, 0.15) is 17.5 Å². The van der Waals surface area contributed by atoms with Crippen molar-refractivity contribution in [1.29, 1.82) is 0 Å². The van der Waals surface area contributed by atoms with Crippen molar-refractivity contribution in [3.63, 3.8) is 0 Å². The number of benzene rings is 1. The largest absolute Gasteiger partial charge is 0.355 e. The summed E-state index contributed by atoms with van der Waals surface area (Å²) in [6.07, 6.45) is 2.17. The van der Waals surface area contributed by atoms with Crippen molar-refractivity contribution in [2.75, 3.05) is 11.9 Å². The highest BCUT2D eigenvalue weighted by Crippen LogP contribution is 2.09. The normalized spacial score (nSPS) is 10.0. The van der Waals surface area contributed by atoms with Crippen LogP contribution in [0.4, 0.5) is 5.82 Å². The Balaban J connectivity index is 1.71. The maximum atomic E-state index is 11.8. The molecule has 0 saturated carbocycles. The lowest BCUT2D eigenvalue weighted by molar-refractivity contribution is -0.120. The number of anilines is 1. The Kier molecular flexibility index (Phi) is 5.65. The molecular weight excluding hydrogens is 278 g/mol. The number of hydrogen-bond acceptors (Lipinski definition) is 3. The van der Waals surface area contributed by atoms with E-state index in [0.29, 0.717) is 18.8 Å². The van der Waals surface area contributed by atoms with Gasteiger partial charge in [-0.1, -0.05) is 36.4 Å². The third-order valence-corrected chi connectivity index (χ3v) is 3.15. The van der Waals surface area contributed by atoms with Crippen molar-refractivity contribution in [3.05, 3.63) is 59.8 Å². The minimum atomic E-state index is -0.165. The molecule has 2 amide bonds. The van der Waals surface area contributed by atoms with E-state index in [4.69, 9.17) is 0 Å². The first-order chi connectivity index (χ1) is 10.6. The van der Waals surface area contributed by atoms with E-state index in [-0.39, 0.29) is 18.2 Å². The van der Waals surface area contributed by atoms with Crippen LogP contribution in [0.3, 0.4) is 0 Å². The molecule has 5 heteroatoms. The first-order valence-electron chi connectivity index (χ1n) is 7.17. The average Bonchev–Trinajstić information content (AvgIpc) is 2.50. The molecule has 1 aromatic carbocycles. The van der Waals surface area contributed by atoms with Crippen LogP contribution < -0.4 is 10.6 Å². The van der Waals surface area contributed by atoms with Gasteiger partial charge in [-0.05, 0) is 24.1 Å². The van der Waals surface area contributed by atoms with Gasteiger partial charge >= 0.3 is 0 Å². The second-order valence-corrected chi connectivity index (χ2v) is 4.98. The van der Waals surface area contributed by atoms with Crippen LogP contribution in [-0.4, -0.2) is 23.3 Å². The summed E-state index contributed by atoms with van der Waals surface area (Å²) < 4.78 is 0. The van der Waals surface area contributed by atoms with E-state index < -0.39 is 0 Å². The molecule has 2 N–H and O–H groups in total. The SMILES string of the molecule is Cc1cccnc1NC(=O)CCNC(=O)Cc1ccccc1. The van der Waals surface area contributed by atoms with Gasteiger partial charge in [0.1, 0.15) is 5.82 Å². The quantitative estimate of drug-likeness (QED) is 0.857. The van der Waals surface area contributed by atoms with Crippen LogP contribution >= 0.6 is 0 Å². The van der Waals surface area contributed by atoms with Gasteiger partial charge in [-0.15, -0.1) is 0 Å². The highest BCUT2D eigenvalue weighted by atomic mass is 16.2. The zero-order chi connectivity index (χ0) is 15.8. The summed E-state index contributed by atoms with van der Waals surface area (Å²) >= 11 is 0. The summed E-state index contributed by atoms with van der Waals surface area (Å²) in [4.78, 5) is 27.7. The molecule has 0 unspecified atom stereocenters. The van der Waals surface area contributed by atoms with Crippen molar-refractivity contribution < 1.29 is 9.59 Å². The van der Waals surface area contributed by atoms with Crippen molar-refractivity contribution in [1.82, 2.24) is 10.3 Å². The number of hydrogen-bond donors (Lipinski definition) is 2. The predicted octanol–water partition coefficient (Wildman–Crippen LogP) is 2.08. The smallest absolute Gasteiger partial charge is 0.227 e. The summed E-state index contributed by atoms with van der Waals surface area (Å²) in [6.45, 7) is 2.19. The number of carbonyl (C=O) groups excluding carboxylic acids is 2. The van der Waals surface area contributed by atoms with E-state index in [1.807, 2.05) is 49.4 Å². The van der Waals surface area contributed by atoms with Gasteiger partial charge in [-0.3, -0.25) is 9.59 Å². The van der Waals surface area contributed by atoms with E-state index in [2.05, 4.69) is 15.6 Å². The number of amides is 2. The summed E-state index contributed by atoms with van der Waals surface area (Å²) in [7, 11) is 0. The van der Waals surface area contributed by atoms with Crippen molar-refractivity contribution >= 4 is 17.6 Å². The number of aryl methyl sites for hydroxylation is 1. The van der Waals surface area contributed by atoms with Gasteiger partial charge < -0.3 is 10.6 Å². The van der Waals surface area contributed by atoms with Crippen LogP contribution in [0.15, 0.2) is 48.7 Å². The molecule has 2 aromatic rings. The fraction of sp³-hybridized carbons (Fsp3) is 0.235. The first kappa shape index (κ1) is 15.7. The van der Waals surface area contributed by atoms with E-state index in [1.165, 1.54) is 0 Å². The Morgan fingerprint density at radius 1 is 1.05 bits per heavy atom. The Morgan fingerprint density at radius 3 is 2.55 bits per heavy atom. The maximum absolute atomic E-state index is 11.8. The molecule has 0 aliphatic rings. The summed E-state index contributed by atoms with van der Waals surface area (Å²) in [5, 5.41) is 5.47. The fourth-order valence-corrected chi connectivity index (χ4v) is 1.97. The fourth-order valence-electron chi connectivity index (χ4n) is 1.97. The molecule has 22 heavy (non-hydrogen) atoms. The van der Waals surface area contributed by atoms with E-state index in [0.717, 1.165) is 11.1 Å². The van der Waals surface area contributed by atoms with Crippen LogP contribution in [0.25, 0.3) is 0 Å². The molecule has 2 rings (SSSR count). The van der Waals surface area contributed by atoms with E-state index >= 15 is 0 Å². The summed E-state index contributed by atoms with van der Waals surface area (Å²) in [5.41, 5.74) is 1.86. The number of nitrogens with zero attached hydrogens (tertiary/aromatic N) is 1. The van der Waals surface area contributed by atoms with Gasteiger partial charge in [0, 0.05) is 19.2 Å². The highest BCUT2D eigenvalue weighted by molar-refractivity contribution is 5.90. The number of pyridine rings is 1. The molecule has 0 atom stereocenters. The predicted molar refractivity (Wildman–Crippen MR) is 85.4 cm³/mol. The maximum Gasteiger partial charge on any atom is 0.227 e. The molecule has 0 saturated heterocycles. The second kappa shape index (κ2) is 7.93. The van der Waals surface area contributed by atoms with Crippen LogP contribution in [0.5, 0.6) is 0 Å². The molecule has 114 valence electrons. The molecule has 1 heterocycles. The van der Waals surface area contributed by atoms with E-state index in [1.54, 1.807) is 6.20 Å². The van der Waals surface area contributed by atoms with Crippen molar-refractivity contribution in [2.45, 2.75) is 19.8 Å². The number of carbonyl (C=O) groups is 2. The first-order valence-corrected chi connectivity index (χ1v) is 7.17. The third-order valence-electron chi connectivity index (χ3n) is 3.15. The minimum absolute atomic E-state index is 0.0898. The molecule has 1 aromatic heterocycles. The number of nitrogens with one attached hydrogen (secondary N) is 2. The lowest BCUT2D eigenvalue weighted by atomic mass is 10.1. The van der Waals surface area contributed by atoms with Gasteiger partial charge in [0.15, 0.2) is 0 Å².